The van der Waals surface area contributed by atoms with Crippen molar-refractivity contribution in [2.45, 2.75) is 0 Å². The first-order chi connectivity index (χ1) is 14.7. The number of nitrogens with zero attached hydrogens (tertiary/aromatic N) is 4. The molecule has 0 fully saturated rings. The Morgan fingerprint density at radius 3 is 2.73 bits per heavy atom. The molecule has 0 aliphatic rings. The fraction of sp³-hybridized carbons (Fsp3) is 0.0909. The Morgan fingerprint density at radius 2 is 1.90 bits per heavy atom. The Hall–Kier alpha value is -4.20. The zero-order valence-corrected chi connectivity index (χ0v) is 16.4. The zero-order chi connectivity index (χ0) is 20.9. The van der Waals surface area contributed by atoms with Crippen molar-refractivity contribution in [1.29, 1.82) is 0 Å². The van der Waals surface area contributed by atoms with Gasteiger partial charge in [-0.1, -0.05) is 18.2 Å². The summed E-state index contributed by atoms with van der Waals surface area (Å²) in [5, 5.41) is 15.1. The number of hydrogen-bond donors (Lipinski definition) is 1. The van der Waals surface area contributed by atoms with Gasteiger partial charge in [0, 0.05) is 17.3 Å². The van der Waals surface area contributed by atoms with Gasteiger partial charge in [-0.3, -0.25) is 4.79 Å². The second kappa shape index (κ2) is 8.44. The minimum Gasteiger partial charge on any atom is -0.493 e. The molecule has 2 heterocycles. The number of hydrogen-bond acceptors (Lipinski definition) is 6. The number of methoxy groups -OCH3 is 2. The van der Waals surface area contributed by atoms with Crippen molar-refractivity contribution >= 4 is 23.3 Å². The van der Waals surface area contributed by atoms with E-state index in [2.05, 4.69) is 20.6 Å². The van der Waals surface area contributed by atoms with Crippen LogP contribution in [0.2, 0.25) is 0 Å². The molecule has 2 aromatic carbocycles. The maximum Gasteiger partial charge on any atom is 0.248 e. The summed E-state index contributed by atoms with van der Waals surface area (Å²) in [7, 11) is 3.15. The van der Waals surface area contributed by atoms with E-state index in [9.17, 15) is 4.79 Å². The molecule has 0 aliphatic heterocycles. The summed E-state index contributed by atoms with van der Waals surface area (Å²) in [6, 6.07) is 16.6. The first kappa shape index (κ1) is 19.1. The quantitative estimate of drug-likeness (QED) is 0.498. The summed E-state index contributed by atoms with van der Waals surface area (Å²) >= 11 is 0. The third kappa shape index (κ3) is 4.12. The van der Waals surface area contributed by atoms with Crippen LogP contribution in [0.4, 0.5) is 5.69 Å². The van der Waals surface area contributed by atoms with E-state index in [4.69, 9.17) is 9.47 Å². The molecule has 0 bridgehead atoms. The molecule has 2 aromatic heterocycles. The molecule has 8 nitrogen and oxygen atoms in total. The summed E-state index contributed by atoms with van der Waals surface area (Å²) in [5.41, 5.74) is 3.78. The molecule has 30 heavy (non-hydrogen) atoms. The Balaban J connectivity index is 1.48. The summed E-state index contributed by atoms with van der Waals surface area (Å²) < 4.78 is 12.1. The van der Waals surface area contributed by atoms with Gasteiger partial charge < -0.3 is 14.8 Å². The molecule has 4 rings (SSSR count). The molecule has 0 radical (unpaired) electrons. The summed E-state index contributed by atoms with van der Waals surface area (Å²) in [4.78, 5) is 12.4. The number of carbonyl (C=O) groups excluding carboxylic acids is 1. The summed E-state index contributed by atoms with van der Waals surface area (Å²) in [6.07, 6.45) is 4.72. The second-order valence-electron chi connectivity index (χ2n) is 6.37. The van der Waals surface area contributed by atoms with Crippen LogP contribution in [0.15, 0.2) is 67.0 Å². The standard InChI is InChI=1S/C22H19N5O3/c1-29-19-9-6-15(12-20(19)30-2)7-11-22(28)24-17-5-3-4-16(13-17)18-8-10-21-25-23-14-27(21)26-18/h3-14H,1-2H3,(H,24,28)/b11-7+. The van der Waals surface area contributed by atoms with E-state index < -0.39 is 0 Å². The fourth-order valence-electron chi connectivity index (χ4n) is 2.95. The average molecular weight is 401 g/mol. The fourth-order valence-corrected chi connectivity index (χ4v) is 2.95. The van der Waals surface area contributed by atoms with Gasteiger partial charge in [0.2, 0.25) is 5.91 Å². The molecular formula is C22H19N5O3. The Morgan fingerprint density at radius 1 is 1.03 bits per heavy atom. The molecule has 0 aliphatic carbocycles. The van der Waals surface area contributed by atoms with Gasteiger partial charge in [0.1, 0.15) is 6.33 Å². The molecule has 150 valence electrons. The van der Waals surface area contributed by atoms with E-state index in [1.165, 1.54) is 6.08 Å². The Bertz CT molecular complexity index is 1230. The van der Waals surface area contributed by atoms with Crippen LogP contribution in [0.3, 0.4) is 0 Å². The van der Waals surface area contributed by atoms with Crippen molar-refractivity contribution < 1.29 is 14.3 Å². The molecular weight excluding hydrogens is 382 g/mol. The molecule has 4 aromatic rings. The molecule has 1 N–H and O–H groups in total. The number of nitrogens with one attached hydrogen (secondary N) is 1. The van der Waals surface area contributed by atoms with Crippen LogP contribution in [-0.4, -0.2) is 39.9 Å². The predicted octanol–water partition coefficient (Wildman–Crippen LogP) is 3.46. The number of fused-ring (bicyclic) bond motifs is 1. The number of ether oxygens (including phenoxy) is 2. The van der Waals surface area contributed by atoms with Crippen molar-refractivity contribution in [2.24, 2.45) is 0 Å². The molecule has 1 amide bonds. The van der Waals surface area contributed by atoms with Crippen LogP contribution in [0.1, 0.15) is 5.56 Å². The molecule has 8 heteroatoms. The largest absolute Gasteiger partial charge is 0.493 e. The van der Waals surface area contributed by atoms with E-state index in [0.717, 1.165) is 16.8 Å². The third-order valence-electron chi connectivity index (χ3n) is 4.42. The summed E-state index contributed by atoms with van der Waals surface area (Å²) in [6.45, 7) is 0. The summed E-state index contributed by atoms with van der Waals surface area (Å²) in [5.74, 6) is 0.990. The lowest BCUT2D eigenvalue weighted by Gasteiger charge is -2.08. The smallest absolute Gasteiger partial charge is 0.248 e. The molecule has 0 atom stereocenters. The number of benzene rings is 2. The highest BCUT2D eigenvalue weighted by Crippen LogP contribution is 2.28. The van der Waals surface area contributed by atoms with Crippen molar-refractivity contribution in [3.63, 3.8) is 0 Å². The molecule has 0 spiro atoms. The van der Waals surface area contributed by atoms with Gasteiger partial charge in [0.05, 0.1) is 19.9 Å². The lowest BCUT2D eigenvalue weighted by atomic mass is 10.1. The number of aromatic nitrogens is 4. The lowest BCUT2D eigenvalue weighted by molar-refractivity contribution is -0.111. The monoisotopic (exact) mass is 401 g/mol. The van der Waals surface area contributed by atoms with E-state index in [-0.39, 0.29) is 5.91 Å². The Labute approximate surface area is 172 Å². The highest BCUT2D eigenvalue weighted by molar-refractivity contribution is 6.02. The van der Waals surface area contributed by atoms with Crippen LogP contribution in [0.5, 0.6) is 11.5 Å². The van der Waals surface area contributed by atoms with Gasteiger partial charge in [-0.15, -0.1) is 10.2 Å². The van der Waals surface area contributed by atoms with Crippen LogP contribution in [0.25, 0.3) is 23.0 Å². The topological polar surface area (TPSA) is 90.6 Å². The predicted molar refractivity (Wildman–Crippen MR) is 113 cm³/mol. The molecule has 0 unspecified atom stereocenters. The molecule has 0 saturated carbocycles. The van der Waals surface area contributed by atoms with Crippen molar-refractivity contribution in [3.05, 3.63) is 72.6 Å². The highest BCUT2D eigenvalue weighted by Gasteiger charge is 2.06. The number of amides is 1. The number of rotatable bonds is 6. The van der Waals surface area contributed by atoms with Crippen LogP contribution in [0, 0.1) is 0 Å². The van der Waals surface area contributed by atoms with E-state index in [1.807, 2.05) is 42.5 Å². The van der Waals surface area contributed by atoms with Crippen LogP contribution >= 0.6 is 0 Å². The van der Waals surface area contributed by atoms with Crippen LogP contribution in [-0.2, 0) is 4.79 Å². The van der Waals surface area contributed by atoms with Crippen LogP contribution < -0.4 is 14.8 Å². The van der Waals surface area contributed by atoms with Crippen molar-refractivity contribution in [1.82, 2.24) is 19.8 Å². The third-order valence-corrected chi connectivity index (χ3v) is 4.42. The minimum absolute atomic E-state index is 0.246. The van der Waals surface area contributed by atoms with Gasteiger partial charge in [-0.25, -0.2) is 0 Å². The van der Waals surface area contributed by atoms with E-state index in [0.29, 0.717) is 22.8 Å². The first-order valence-corrected chi connectivity index (χ1v) is 9.15. The van der Waals surface area contributed by atoms with Gasteiger partial charge in [-0.05, 0) is 48.0 Å². The number of anilines is 1. The van der Waals surface area contributed by atoms with E-state index >= 15 is 0 Å². The normalized spacial score (nSPS) is 11.0. The van der Waals surface area contributed by atoms with Gasteiger partial charge in [0.25, 0.3) is 0 Å². The van der Waals surface area contributed by atoms with Crippen molar-refractivity contribution in [3.8, 4) is 22.8 Å². The van der Waals surface area contributed by atoms with Gasteiger partial charge >= 0.3 is 0 Å². The SMILES string of the molecule is COc1ccc(/C=C/C(=O)Nc2cccc(-c3ccc4nncn4n3)c2)cc1OC. The zero-order valence-electron chi connectivity index (χ0n) is 16.4. The minimum atomic E-state index is -0.246. The highest BCUT2D eigenvalue weighted by atomic mass is 16.5. The van der Waals surface area contributed by atoms with E-state index in [1.54, 1.807) is 43.3 Å². The average Bonchev–Trinajstić information content (AvgIpc) is 3.25. The second-order valence-corrected chi connectivity index (χ2v) is 6.37. The lowest BCUT2D eigenvalue weighted by Crippen LogP contribution is -2.07. The van der Waals surface area contributed by atoms with Crippen molar-refractivity contribution in [2.75, 3.05) is 19.5 Å². The van der Waals surface area contributed by atoms with Gasteiger partial charge in [-0.2, -0.15) is 9.61 Å². The Kier molecular flexibility index (Phi) is 5.38. The first-order valence-electron chi connectivity index (χ1n) is 9.15. The number of carbonyl (C=O) groups is 1. The van der Waals surface area contributed by atoms with Gasteiger partial charge in [0.15, 0.2) is 17.1 Å². The molecule has 0 saturated heterocycles. The maximum atomic E-state index is 12.4. The maximum absolute atomic E-state index is 12.4.